The first-order chi connectivity index (χ1) is 9.04. The third-order valence-electron chi connectivity index (χ3n) is 3.44. The second-order valence-electron chi connectivity index (χ2n) is 5.33. The number of ether oxygens (including phenoxy) is 2. The molecule has 1 aliphatic carbocycles. The molecule has 1 fully saturated rings. The van der Waals surface area contributed by atoms with Gasteiger partial charge in [-0.15, -0.1) is 0 Å². The van der Waals surface area contributed by atoms with Gasteiger partial charge in [-0.1, -0.05) is 19.3 Å². The van der Waals surface area contributed by atoms with Crippen molar-refractivity contribution in [1.82, 2.24) is 5.32 Å². The highest BCUT2D eigenvalue weighted by atomic mass is 16.5. The molecular weight excluding hydrogens is 246 g/mol. The third kappa shape index (κ3) is 5.59. The van der Waals surface area contributed by atoms with Crippen LogP contribution in [0.25, 0.3) is 0 Å². The molecule has 5 heteroatoms. The Hall–Kier alpha value is -1.10. The minimum atomic E-state index is -0.534. The van der Waals surface area contributed by atoms with Crippen molar-refractivity contribution in [3.63, 3.8) is 0 Å². The number of methoxy groups -OCH3 is 1. The molecule has 0 heterocycles. The van der Waals surface area contributed by atoms with Gasteiger partial charge in [-0.05, 0) is 32.6 Å². The van der Waals surface area contributed by atoms with Gasteiger partial charge in [0.1, 0.15) is 12.6 Å². The van der Waals surface area contributed by atoms with Crippen LogP contribution < -0.4 is 5.32 Å². The molecule has 0 aromatic rings. The van der Waals surface area contributed by atoms with Gasteiger partial charge in [0.05, 0.1) is 13.2 Å². The molecule has 0 radical (unpaired) electrons. The molecule has 0 bridgehead atoms. The minimum Gasteiger partial charge on any atom is -0.467 e. The second kappa shape index (κ2) is 8.15. The summed E-state index contributed by atoms with van der Waals surface area (Å²) in [6, 6.07) is -0.534. The van der Waals surface area contributed by atoms with E-state index in [1.54, 1.807) is 0 Å². The maximum absolute atomic E-state index is 11.8. The van der Waals surface area contributed by atoms with Crippen molar-refractivity contribution in [1.29, 1.82) is 0 Å². The number of amides is 1. The molecule has 1 N–H and O–H groups in total. The Morgan fingerprint density at radius 1 is 1.21 bits per heavy atom. The minimum absolute atomic E-state index is 0.00277. The molecule has 110 valence electrons. The first-order valence-electron chi connectivity index (χ1n) is 7.03. The number of carbonyl (C=O) groups is 2. The van der Waals surface area contributed by atoms with E-state index in [1.807, 2.05) is 13.8 Å². The van der Waals surface area contributed by atoms with E-state index in [2.05, 4.69) is 5.32 Å². The quantitative estimate of drug-likeness (QED) is 0.746. The predicted molar refractivity (Wildman–Crippen MR) is 71.6 cm³/mol. The molecule has 19 heavy (non-hydrogen) atoms. The Morgan fingerprint density at radius 3 is 2.37 bits per heavy atom. The van der Waals surface area contributed by atoms with Crippen LogP contribution in [0.3, 0.4) is 0 Å². The van der Waals surface area contributed by atoms with Crippen LogP contribution in [0.2, 0.25) is 0 Å². The van der Waals surface area contributed by atoms with Crippen LogP contribution in [0.5, 0.6) is 0 Å². The smallest absolute Gasteiger partial charge is 0.328 e. The topological polar surface area (TPSA) is 64.6 Å². The van der Waals surface area contributed by atoms with E-state index in [4.69, 9.17) is 9.47 Å². The Labute approximate surface area is 115 Å². The largest absolute Gasteiger partial charge is 0.467 e. The molecule has 1 amide bonds. The predicted octanol–water partition coefficient (Wildman–Crippen LogP) is 1.65. The molecule has 1 saturated carbocycles. The summed E-state index contributed by atoms with van der Waals surface area (Å²) >= 11 is 0. The average Bonchev–Trinajstić information content (AvgIpc) is 2.42. The van der Waals surface area contributed by atoms with Crippen molar-refractivity contribution in [2.45, 2.75) is 58.1 Å². The first kappa shape index (κ1) is 16.0. The van der Waals surface area contributed by atoms with Gasteiger partial charge in [0.25, 0.3) is 0 Å². The zero-order valence-electron chi connectivity index (χ0n) is 12.1. The molecule has 1 atom stereocenters. The Morgan fingerprint density at radius 2 is 1.84 bits per heavy atom. The fraction of sp³-hybridized carbons (Fsp3) is 0.857. The van der Waals surface area contributed by atoms with Crippen LogP contribution in [0.4, 0.5) is 0 Å². The number of hydrogen-bond donors (Lipinski definition) is 1. The summed E-state index contributed by atoms with van der Waals surface area (Å²) in [6.07, 6.45) is 5.34. The highest BCUT2D eigenvalue weighted by Crippen LogP contribution is 2.27. The lowest BCUT2D eigenvalue weighted by atomic mass is 9.84. The van der Waals surface area contributed by atoms with Gasteiger partial charge in [-0.2, -0.15) is 0 Å². The summed E-state index contributed by atoms with van der Waals surface area (Å²) in [5.41, 5.74) is 0. The number of rotatable bonds is 6. The van der Waals surface area contributed by atoms with Gasteiger partial charge in [0.15, 0.2) is 0 Å². The number of nitrogens with one attached hydrogen (secondary N) is 1. The van der Waals surface area contributed by atoms with Gasteiger partial charge in [0.2, 0.25) is 5.91 Å². The van der Waals surface area contributed by atoms with Crippen LogP contribution in [0.15, 0.2) is 0 Å². The van der Waals surface area contributed by atoms with Gasteiger partial charge in [0, 0.05) is 0 Å². The lowest BCUT2D eigenvalue weighted by Gasteiger charge is -2.29. The highest BCUT2D eigenvalue weighted by Gasteiger charge is 2.31. The van der Waals surface area contributed by atoms with Crippen LogP contribution in [0, 0.1) is 5.92 Å². The highest BCUT2D eigenvalue weighted by molar-refractivity contribution is 5.85. The van der Waals surface area contributed by atoms with Crippen molar-refractivity contribution in [3.8, 4) is 0 Å². The maximum atomic E-state index is 11.8. The Bertz CT molecular complexity index is 298. The van der Waals surface area contributed by atoms with Crippen LogP contribution in [-0.2, 0) is 19.1 Å². The second-order valence-corrected chi connectivity index (χ2v) is 5.33. The molecule has 0 aromatic carbocycles. The number of carbonyl (C=O) groups excluding carboxylic acids is 2. The van der Waals surface area contributed by atoms with E-state index in [-0.39, 0.29) is 30.5 Å². The lowest BCUT2D eigenvalue weighted by Crippen LogP contribution is -2.48. The van der Waals surface area contributed by atoms with Crippen LogP contribution in [-0.4, -0.2) is 37.7 Å². The van der Waals surface area contributed by atoms with E-state index in [0.717, 1.165) is 25.7 Å². The normalized spacial score (nSPS) is 18.1. The van der Waals surface area contributed by atoms with Gasteiger partial charge in [-0.3, -0.25) is 4.79 Å². The van der Waals surface area contributed by atoms with E-state index < -0.39 is 6.04 Å². The fourth-order valence-corrected chi connectivity index (χ4v) is 2.42. The molecule has 0 aliphatic heterocycles. The zero-order valence-corrected chi connectivity index (χ0v) is 12.1. The van der Waals surface area contributed by atoms with Crippen molar-refractivity contribution in [3.05, 3.63) is 0 Å². The fourth-order valence-electron chi connectivity index (χ4n) is 2.42. The van der Waals surface area contributed by atoms with Gasteiger partial charge in [-0.25, -0.2) is 4.79 Å². The Kier molecular flexibility index (Phi) is 6.84. The summed E-state index contributed by atoms with van der Waals surface area (Å²) in [7, 11) is 1.36. The standard InChI is InChI=1S/C14H25NO4/c1-10(2)19-9-12(16)15-13(14(17)18-3)11-7-5-4-6-8-11/h10-11,13H,4-9H2,1-3H3,(H,15,16)/t13-/m1/s1. The third-order valence-corrected chi connectivity index (χ3v) is 3.44. The monoisotopic (exact) mass is 271 g/mol. The summed E-state index contributed by atoms with van der Waals surface area (Å²) in [5, 5.41) is 2.75. The summed E-state index contributed by atoms with van der Waals surface area (Å²) in [4.78, 5) is 23.6. The molecular formula is C14H25NO4. The summed E-state index contributed by atoms with van der Waals surface area (Å²) < 4.78 is 10.0. The van der Waals surface area contributed by atoms with Crippen LogP contribution in [0.1, 0.15) is 46.0 Å². The number of hydrogen-bond acceptors (Lipinski definition) is 4. The molecule has 1 rings (SSSR count). The Balaban J connectivity index is 2.53. The van der Waals surface area contributed by atoms with E-state index in [1.165, 1.54) is 13.5 Å². The van der Waals surface area contributed by atoms with E-state index in [9.17, 15) is 9.59 Å². The molecule has 0 spiro atoms. The molecule has 0 unspecified atom stereocenters. The van der Waals surface area contributed by atoms with E-state index >= 15 is 0 Å². The summed E-state index contributed by atoms with van der Waals surface area (Å²) in [5.74, 6) is -0.427. The molecule has 1 aliphatic rings. The van der Waals surface area contributed by atoms with Crippen molar-refractivity contribution >= 4 is 11.9 Å². The average molecular weight is 271 g/mol. The summed E-state index contributed by atoms with van der Waals surface area (Å²) in [6.45, 7) is 3.72. The maximum Gasteiger partial charge on any atom is 0.328 e. The van der Waals surface area contributed by atoms with Crippen molar-refractivity contribution in [2.75, 3.05) is 13.7 Å². The lowest BCUT2D eigenvalue weighted by molar-refractivity contribution is -0.148. The zero-order chi connectivity index (χ0) is 14.3. The first-order valence-corrected chi connectivity index (χ1v) is 7.03. The molecule has 0 saturated heterocycles. The van der Waals surface area contributed by atoms with Gasteiger partial charge < -0.3 is 14.8 Å². The van der Waals surface area contributed by atoms with Crippen molar-refractivity contribution in [2.24, 2.45) is 5.92 Å². The number of esters is 1. The van der Waals surface area contributed by atoms with Crippen LogP contribution >= 0.6 is 0 Å². The van der Waals surface area contributed by atoms with Gasteiger partial charge >= 0.3 is 5.97 Å². The molecule has 5 nitrogen and oxygen atoms in total. The SMILES string of the molecule is COC(=O)[C@H](NC(=O)COC(C)C)C1CCCCC1. The van der Waals surface area contributed by atoms with Crippen molar-refractivity contribution < 1.29 is 19.1 Å². The molecule has 0 aromatic heterocycles. The van der Waals surface area contributed by atoms with E-state index in [0.29, 0.717) is 0 Å².